The fourth-order valence-corrected chi connectivity index (χ4v) is 2.35. The van der Waals surface area contributed by atoms with E-state index in [0.717, 1.165) is 33.6 Å². The third kappa shape index (κ3) is 2.91. The van der Waals surface area contributed by atoms with Crippen LogP contribution in [0.5, 0.6) is 5.75 Å². The Morgan fingerprint density at radius 2 is 1.91 bits per heavy atom. The SMILES string of the molecule is COc1cccc(-c2ccc3ccc(NC(C)=N)cc3n2)c1. The van der Waals surface area contributed by atoms with Gasteiger partial charge >= 0.3 is 0 Å². The van der Waals surface area contributed by atoms with E-state index < -0.39 is 0 Å². The van der Waals surface area contributed by atoms with Gasteiger partial charge < -0.3 is 10.1 Å². The summed E-state index contributed by atoms with van der Waals surface area (Å²) >= 11 is 0. The summed E-state index contributed by atoms with van der Waals surface area (Å²) in [5.74, 6) is 1.22. The average Bonchev–Trinajstić information content (AvgIpc) is 2.53. The second-order valence-corrected chi connectivity index (χ2v) is 5.09. The predicted octanol–water partition coefficient (Wildman–Crippen LogP) is 4.32. The number of aromatic nitrogens is 1. The van der Waals surface area contributed by atoms with Gasteiger partial charge in [0.1, 0.15) is 5.75 Å². The van der Waals surface area contributed by atoms with Crippen LogP contribution in [-0.4, -0.2) is 17.9 Å². The van der Waals surface area contributed by atoms with Crippen molar-refractivity contribution in [3.63, 3.8) is 0 Å². The molecule has 0 aliphatic carbocycles. The molecule has 0 atom stereocenters. The molecule has 0 spiro atoms. The van der Waals surface area contributed by atoms with Crippen LogP contribution in [0, 0.1) is 5.41 Å². The third-order valence-corrected chi connectivity index (χ3v) is 3.39. The Bertz CT molecular complexity index is 843. The van der Waals surface area contributed by atoms with Gasteiger partial charge in [-0.15, -0.1) is 0 Å². The largest absolute Gasteiger partial charge is 0.497 e. The van der Waals surface area contributed by atoms with E-state index in [1.54, 1.807) is 14.0 Å². The molecule has 0 radical (unpaired) electrons. The number of ether oxygens (including phenoxy) is 1. The molecule has 0 unspecified atom stereocenters. The Hall–Kier alpha value is -2.88. The minimum atomic E-state index is 0.406. The summed E-state index contributed by atoms with van der Waals surface area (Å²) in [5, 5.41) is 11.6. The molecule has 4 heteroatoms. The maximum absolute atomic E-state index is 7.52. The molecule has 0 fully saturated rings. The molecule has 3 rings (SSSR count). The van der Waals surface area contributed by atoms with E-state index in [1.807, 2.05) is 48.5 Å². The van der Waals surface area contributed by atoms with Crippen molar-refractivity contribution in [3.8, 4) is 17.0 Å². The lowest BCUT2D eigenvalue weighted by molar-refractivity contribution is 0.415. The first kappa shape index (κ1) is 14.1. The molecule has 2 N–H and O–H groups in total. The van der Waals surface area contributed by atoms with Gasteiger partial charge in [0.25, 0.3) is 0 Å². The highest BCUT2D eigenvalue weighted by atomic mass is 16.5. The summed E-state index contributed by atoms with van der Waals surface area (Å²) in [6.45, 7) is 1.71. The highest BCUT2D eigenvalue weighted by Gasteiger charge is 2.04. The van der Waals surface area contributed by atoms with Crippen molar-refractivity contribution in [2.45, 2.75) is 6.92 Å². The molecular weight excluding hydrogens is 274 g/mol. The molecule has 0 aliphatic rings. The van der Waals surface area contributed by atoms with Crippen molar-refractivity contribution in [2.24, 2.45) is 0 Å². The molecule has 0 aliphatic heterocycles. The standard InChI is InChI=1S/C18H17N3O/c1-12(19)20-15-8-6-13-7-9-17(21-18(13)11-15)14-4-3-5-16(10-14)22-2/h3-11H,1-2H3,(H2,19,20). The van der Waals surface area contributed by atoms with Gasteiger partial charge in [-0.3, -0.25) is 5.41 Å². The van der Waals surface area contributed by atoms with Gasteiger partial charge in [0.05, 0.1) is 24.2 Å². The predicted molar refractivity (Wildman–Crippen MR) is 90.8 cm³/mol. The Balaban J connectivity index is 2.05. The molecule has 1 heterocycles. The van der Waals surface area contributed by atoms with Crippen molar-refractivity contribution >= 4 is 22.4 Å². The number of nitrogens with zero attached hydrogens (tertiary/aromatic N) is 1. The van der Waals surface area contributed by atoms with E-state index in [2.05, 4.69) is 11.4 Å². The molecular formula is C18H17N3O. The molecule has 1 aromatic heterocycles. The van der Waals surface area contributed by atoms with E-state index in [1.165, 1.54) is 0 Å². The van der Waals surface area contributed by atoms with E-state index >= 15 is 0 Å². The highest BCUT2D eigenvalue weighted by molar-refractivity contribution is 5.94. The van der Waals surface area contributed by atoms with Crippen LogP contribution in [0.3, 0.4) is 0 Å². The van der Waals surface area contributed by atoms with Crippen molar-refractivity contribution in [1.82, 2.24) is 4.98 Å². The first-order valence-corrected chi connectivity index (χ1v) is 7.03. The second kappa shape index (κ2) is 5.85. The second-order valence-electron chi connectivity index (χ2n) is 5.09. The van der Waals surface area contributed by atoms with Crippen LogP contribution in [0.4, 0.5) is 5.69 Å². The minimum Gasteiger partial charge on any atom is -0.497 e. The van der Waals surface area contributed by atoms with Gasteiger partial charge in [0, 0.05) is 16.6 Å². The molecule has 0 saturated heterocycles. The molecule has 3 aromatic rings. The number of fused-ring (bicyclic) bond motifs is 1. The minimum absolute atomic E-state index is 0.406. The number of benzene rings is 2. The fraction of sp³-hybridized carbons (Fsp3) is 0.111. The van der Waals surface area contributed by atoms with Crippen LogP contribution in [0.15, 0.2) is 54.6 Å². The van der Waals surface area contributed by atoms with E-state index in [0.29, 0.717) is 5.84 Å². The number of rotatable bonds is 3. The number of methoxy groups -OCH3 is 1. The van der Waals surface area contributed by atoms with Crippen molar-refractivity contribution in [1.29, 1.82) is 5.41 Å². The summed E-state index contributed by atoms with van der Waals surface area (Å²) in [7, 11) is 1.66. The summed E-state index contributed by atoms with van der Waals surface area (Å²) in [5.41, 5.74) is 3.68. The first-order chi connectivity index (χ1) is 10.7. The normalized spacial score (nSPS) is 10.5. The Labute approximate surface area is 129 Å². The van der Waals surface area contributed by atoms with Crippen LogP contribution in [0.2, 0.25) is 0 Å². The highest BCUT2D eigenvalue weighted by Crippen LogP contribution is 2.25. The van der Waals surface area contributed by atoms with Crippen molar-refractivity contribution < 1.29 is 4.74 Å². The Morgan fingerprint density at radius 3 is 2.68 bits per heavy atom. The molecule has 2 aromatic carbocycles. The molecule has 4 nitrogen and oxygen atoms in total. The van der Waals surface area contributed by atoms with E-state index in [9.17, 15) is 0 Å². The number of hydrogen-bond acceptors (Lipinski definition) is 3. The van der Waals surface area contributed by atoms with Gasteiger partial charge in [-0.1, -0.05) is 24.3 Å². The van der Waals surface area contributed by atoms with Gasteiger partial charge in [-0.25, -0.2) is 4.98 Å². The number of amidine groups is 1. The van der Waals surface area contributed by atoms with Gasteiger partial charge in [0.2, 0.25) is 0 Å². The summed E-state index contributed by atoms with van der Waals surface area (Å²) < 4.78 is 5.27. The van der Waals surface area contributed by atoms with Crippen LogP contribution < -0.4 is 10.1 Å². The van der Waals surface area contributed by atoms with Crippen LogP contribution >= 0.6 is 0 Å². The summed E-state index contributed by atoms with van der Waals surface area (Å²) in [4.78, 5) is 4.72. The average molecular weight is 291 g/mol. The fourth-order valence-electron chi connectivity index (χ4n) is 2.35. The van der Waals surface area contributed by atoms with E-state index in [-0.39, 0.29) is 0 Å². The number of anilines is 1. The lowest BCUT2D eigenvalue weighted by Gasteiger charge is -2.08. The lowest BCUT2D eigenvalue weighted by Crippen LogP contribution is -2.04. The van der Waals surface area contributed by atoms with Gasteiger partial charge in [-0.05, 0) is 37.3 Å². The Kier molecular flexibility index (Phi) is 3.74. The zero-order valence-electron chi connectivity index (χ0n) is 12.6. The molecule has 110 valence electrons. The van der Waals surface area contributed by atoms with Crippen molar-refractivity contribution in [3.05, 3.63) is 54.6 Å². The molecule has 0 amide bonds. The van der Waals surface area contributed by atoms with Gasteiger partial charge in [0.15, 0.2) is 0 Å². The molecule has 0 saturated carbocycles. The quantitative estimate of drug-likeness (QED) is 0.558. The molecule has 22 heavy (non-hydrogen) atoms. The number of nitrogens with one attached hydrogen (secondary N) is 2. The maximum atomic E-state index is 7.52. The Morgan fingerprint density at radius 1 is 1.09 bits per heavy atom. The third-order valence-electron chi connectivity index (χ3n) is 3.39. The zero-order valence-corrected chi connectivity index (χ0v) is 12.6. The summed E-state index contributed by atoms with van der Waals surface area (Å²) in [6.07, 6.45) is 0. The first-order valence-electron chi connectivity index (χ1n) is 7.03. The van der Waals surface area contributed by atoms with Crippen LogP contribution in [-0.2, 0) is 0 Å². The number of hydrogen-bond donors (Lipinski definition) is 2. The monoisotopic (exact) mass is 291 g/mol. The molecule has 0 bridgehead atoms. The van der Waals surface area contributed by atoms with E-state index in [4.69, 9.17) is 15.1 Å². The summed E-state index contributed by atoms with van der Waals surface area (Å²) in [6, 6.07) is 17.8. The maximum Gasteiger partial charge on any atom is 0.119 e. The van der Waals surface area contributed by atoms with Crippen LogP contribution in [0.1, 0.15) is 6.92 Å². The zero-order chi connectivity index (χ0) is 15.5. The van der Waals surface area contributed by atoms with Crippen LogP contribution in [0.25, 0.3) is 22.2 Å². The number of pyridine rings is 1. The smallest absolute Gasteiger partial charge is 0.119 e. The van der Waals surface area contributed by atoms with Gasteiger partial charge in [-0.2, -0.15) is 0 Å². The van der Waals surface area contributed by atoms with Crippen molar-refractivity contribution in [2.75, 3.05) is 12.4 Å². The topological polar surface area (TPSA) is 58.0 Å². The lowest BCUT2D eigenvalue weighted by atomic mass is 10.1.